The van der Waals surface area contributed by atoms with Crippen molar-refractivity contribution < 1.29 is 0 Å². The van der Waals surface area contributed by atoms with Gasteiger partial charge in [0.1, 0.15) is 0 Å². The highest BCUT2D eigenvalue weighted by atomic mass is 127. The lowest BCUT2D eigenvalue weighted by atomic mass is 10.5. The second kappa shape index (κ2) is 5.21. The zero-order chi connectivity index (χ0) is 12.5. The fourth-order valence-electron chi connectivity index (χ4n) is 3.31. The standard InChI is InChI=1S/C12H23IN2Si/c1-9(2)16(10(3)4,11(5)6)15-8-12(13)7-14-15/h7-11H,1-6H3. The Bertz CT molecular complexity index is 323. The summed E-state index contributed by atoms with van der Waals surface area (Å²) < 4.78 is 3.57. The smallest absolute Gasteiger partial charge is 0.192 e. The van der Waals surface area contributed by atoms with Gasteiger partial charge in [0.05, 0.1) is 6.20 Å². The minimum absolute atomic E-state index is 0.711. The Morgan fingerprint density at radius 3 is 1.75 bits per heavy atom. The van der Waals surface area contributed by atoms with E-state index >= 15 is 0 Å². The summed E-state index contributed by atoms with van der Waals surface area (Å²) in [5, 5.41) is 4.62. The molecule has 0 aromatic carbocycles. The third-order valence-electron chi connectivity index (χ3n) is 3.72. The monoisotopic (exact) mass is 350 g/mol. The van der Waals surface area contributed by atoms with Crippen molar-refractivity contribution in [3.05, 3.63) is 16.0 Å². The van der Waals surface area contributed by atoms with Gasteiger partial charge in [-0.3, -0.25) is 4.35 Å². The Balaban J connectivity index is 3.33. The van der Waals surface area contributed by atoms with Crippen LogP contribution in [0.1, 0.15) is 41.5 Å². The van der Waals surface area contributed by atoms with E-state index in [1.54, 1.807) is 0 Å². The highest BCUT2D eigenvalue weighted by Crippen LogP contribution is 2.42. The number of halogens is 1. The lowest BCUT2D eigenvalue weighted by molar-refractivity contribution is 0.725. The van der Waals surface area contributed by atoms with Gasteiger partial charge >= 0.3 is 0 Å². The van der Waals surface area contributed by atoms with Gasteiger partial charge in [0, 0.05) is 9.77 Å². The normalized spacial score (nSPS) is 13.1. The van der Waals surface area contributed by atoms with Crippen LogP contribution in [0.25, 0.3) is 0 Å². The van der Waals surface area contributed by atoms with Crippen LogP contribution in [0.15, 0.2) is 12.4 Å². The molecule has 0 aliphatic carbocycles. The molecule has 0 N–H and O–H groups in total. The van der Waals surface area contributed by atoms with E-state index in [9.17, 15) is 0 Å². The molecule has 0 amide bonds. The molecule has 1 rings (SSSR count). The van der Waals surface area contributed by atoms with E-state index in [0.717, 1.165) is 0 Å². The van der Waals surface area contributed by atoms with Gasteiger partial charge < -0.3 is 0 Å². The van der Waals surface area contributed by atoms with E-state index in [-0.39, 0.29) is 0 Å². The third-order valence-corrected chi connectivity index (χ3v) is 10.9. The second-order valence-electron chi connectivity index (χ2n) is 5.45. The molecule has 16 heavy (non-hydrogen) atoms. The summed E-state index contributed by atoms with van der Waals surface area (Å²) in [7, 11) is -1.58. The zero-order valence-electron chi connectivity index (χ0n) is 11.2. The topological polar surface area (TPSA) is 17.8 Å². The SMILES string of the molecule is CC(C)[Si](C(C)C)(C(C)C)n1cc(I)cn1. The summed E-state index contributed by atoms with van der Waals surface area (Å²) in [5.41, 5.74) is 2.13. The molecule has 0 saturated carbocycles. The summed E-state index contributed by atoms with van der Waals surface area (Å²) in [6, 6.07) is 0. The van der Waals surface area contributed by atoms with Gasteiger partial charge in [0.15, 0.2) is 8.24 Å². The fourth-order valence-corrected chi connectivity index (χ4v) is 10.2. The average molecular weight is 350 g/mol. The van der Waals surface area contributed by atoms with Crippen LogP contribution in [0, 0.1) is 3.57 Å². The van der Waals surface area contributed by atoms with E-state index in [2.05, 4.69) is 79.8 Å². The Morgan fingerprint density at radius 2 is 1.50 bits per heavy atom. The number of nitrogens with zero attached hydrogens (tertiary/aromatic N) is 2. The van der Waals surface area contributed by atoms with Crippen LogP contribution >= 0.6 is 22.6 Å². The molecule has 0 spiro atoms. The highest BCUT2D eigenvalue weighted by Gasteiger charge is 2.46. The molecule has 0 aliphatic heterocycles. The molecular weight excluding hydrogens is 327 g/mol. The Labute approximate surface area is 114 Å². The molecule has 0 unspecified atom stereocenters. The fraction of sp³-hybridized carbons (Fsp3) is 0.750. The van der Waals surface area contributed by atoms with Crippen molar-refractivity contribution in [3.8, 4) is 0 Å². The van der Waals surface area contributed by atoms with Gasteiger partial charge in [-0.25, -0.2) is 0 Å². The van der Waals surface area contributed by atoms with Crippen molar-refractivity contribution in [2.45, 2.75) is 58.2 Å². The van der Waals surface area contributed by atoms with E-state index in [0.29, 0.717) is 16.6 Å². The molecular formula is C12H23IN2Si. The van der Waals surface area contributed by atoms with Crippen LogP contribution in [-0.2, 0) is 0 Å². The van der Waals surface area contributed by atoms with Crippen LogP contribution < -0.4 is 0 Å². The molecule has 0 fully saturated rings. The van der Waals surface area contributed by atoms with Gasteiger partial charge in [-0.05, 0) is 39.2 Å². The largest absolute Gasteiger partial charge is 0.299 e. The van der Waals surface area contributed by atoms with Crippen LogP contribution in [0.4, 0.5) is 0 Å². The first kappa shape index (κ1) is 14.2. The molecule has 0 bridgehead atoms. The predicted molar refractivity (Wildman–Crippen MR) is 81.4 cm³/mol. The first-order chi connectivity index (χ1) is 7.33. The molecule has 4 heteroatoms. The molecule has 0 radical (unpaired) electrons. The quantitative estimate of drug-likeness (QED) is 0.577. The molecule has 0 aliphatic rings. The van der Waals surface area contributed by atoms with Gasteiger partial charge in [0.2, 0.25) is 0 Å². The number of hydrogen-bond donors (Lipinski definition) is 0. The van der Waals surface area contributed by atoms with Crippen molar-refractivity contribution in [1.29, 1.82) is 0 Å². The Morgan fingerprint density at radius 1 is 1.06 bits per heavy atom. The van der Waals surface area contributed by atoms with Gasteiger partial charge in [-0.2, -0.15) is 5.10 Å². The molecule has 1 aromatic heterocycles. The first-order valence-corrected chi connectivity index (χ1v) is 9.29. The summed E-state index contributed by atoms with van der Waals surface area (Å²) >= 11 is 2.35. The second-order valence-corrected chi connectivity index (χ2v) is 12.4. The maximum atomic E-state index is 4.62. The Kier molecular flexibility index (Phi) is 4.63. The maximum absolute atomic E-state index is 4.62. The van der Waals surface area contributed by atoms with Gasteiger partial charge in [-0.15, -0.1) is 0 Å². The van der Waals surface area contributed by atoms with Crippen LogP contribution in [0.3, 0.4) is 0 Å². The summed E-state index contributed by atoms with van der Waals surface area (Å²) in [4.78, 5) is 0. The van der Waals surface area contributed by atoms with Gasteiger partial charge in [-0.1, -0.05) is 41.5 Å². The lowest BCUT2D eigenvalue weighted by Gasteiger charge is -2.42. The van der Waals surface area contributed by atoms with Crippen molar-refractivity contribution in [3.63, 3.8) is 0 Å². The highest BCUT2D eigenvalue weighted by molar-refractivity contribution is 14.1. The molecule has 1 aromatic rings. The van der Waals surface area contributed by atoms with E-state index < -0.39 is 8.24 Å². The average Bonchev–Trinajstić information content (AvgIpc) is 2.50. The molecule has 2 nitrogen and oxygen atoms in total. The minimum Gasteiger partial charge on any atom is -0.299 e. The molecule has 0 saturated heterocycles. The summed E-state index contributed by atoms with van der Waals surface area (Å²) in [6.45, 7) is 14.2. The van der Waals surface area contributed by atoms with Crippen molar-refractivity contribution in [2.75, 3.05) is 0 Å². The van der Waals surface area contributed by atoms with Crippen molar-refractivity contribution >= 4 is 30.8 Å². The maximum Gasteiger partial charge on any atom is 0.192 e. The number of rotatable bonds is 4. The Hall–Kier alpha value is 0.157. The van der Waals surface area contributed by atoms with Crippen LogP contribution in [0.5, 0.6) is 0 Å². The number of hydrogen-bond acceptors (Lipinski definition) is 1. The van der Waals surface area contributed by atoms with Gasteiger partial charge in [0.25, 0.3) is 0 Å². The molecule has 92 valence electrons. The zero-order valence-corrected chi connectivity index (χ0v) is 14.3. The number of aromatic nitrogens is 2. The van der Waals surface area contributed by atoms with Crippen molar-refractivity contribution in [1.82, 2.24) is 9.45 Å². The molecule has 1 heterocycles. The summed E-state index contributed by atoms with van der Waals surface area (Å²) in [6.07, 6.45) is 4.21. The van der Waals surface area contributed by atoms with E-state index in [4.69, 9.17) is 0 Å². The van der Waals surface area contributed by atoms with Crippen molar-refractivity contribution in [2.24, 2.45) is 0 Å². The van der Waals surface area contributed by atoms with E-state index in [1.807, 2.05) is 6.20 Å². The van der Waals surface area contributed by atoms with Crippen LogP contribution in [0.2, 0.25) is 16.6 Å². The third kappa shape index (κ3) is 2.23. The first-order valence-electron chi connectivity index (χ1n) is 6.04. The summed E-state index contributed by atoms with van der Waals surface area (Å²) in [5.74, 6) is 0. The van der Waals surface area contributed by atoms with Crippen LogP contribution in [-0.4, -0.2) is 17.7 Å². The minimum atomic E-state index is -1.58. The predicted octanol–water partition coefficient (Wildman–Crippen LogP) is 4.51. The molecule has 0 atom stereocenters. The van der Waals surface area contributed by atoms with E-state index in [1.165, 1.54) is 3.57 Å². The lowest BCUT2D eigenvalue weighted by Crippen LogP contribution is -2.52.